The summed E-state index contributed by atoms with van der Waals surface area (Å²) in [6.07, 6.45) is 39.9. The van der Waals surface area contributed by atoms with Gasteiger partial charge in [-0.2, -0.15) is 0 Å². The van der Waals surface area contributed by atoms with Gasteiger partial charge in [0.15, 0.2) is 5.82 Å². The van der Waals surface area contributed by atoms with Crippen molar-refractivity contribution in [1.82, 2.24) is 9.97 Å². The van der Waals surface area contributed by atoms with Gasteiger partial charge >= 0.3 is 0 Å². The molecule has 0 saturated heterocycles. The predicted octanol–water partition coefficient (Wildman–Crippen LogP) is 28.8. The fourth-order valence-electron chi connectivity index (χ4n) is 16.6. The molecule has 98 heavy (non-hydrogen) atoms. The third-order valence-electron chi connectivity index (χ3n) is 22.2. The molecule has 0 N–H and O–H groups in total. The minimum Gasteiger partial charge on any atom is -0.228 e. The first-order chi connectivity index (χ1) is 48.2. The van der Waals surface area contributed by atoms with Crippen LogP contribution in [0.25, 0.3) is 102 Å². The number of aromatic nitrogens is 2. The number of nitrogens with zero attached hydrogens (tertiary/aromatic N) is 2. The highest BCUT2D eigenvalue weighted by Crippen LogP contribution is 2.58. The second kappa shape index (κ2) is 34.0. The van der Waals surface area contributed by atoms with Gasteiger partial charge in [0.2, 0.25) is 0 Å². The molecule has 0 atom stereocenters. The smallest absolute Gasteiger partial charge is 0.160 e. The van der Waals surface area contributed by atoms with Gasteiger partial charge in [-0.15, -0.1) is 0 Å². The van der Waals surface area contributed by atoms with Crippen LogP contribution in [0.15, 0.2) is 206 Å². The van der Waals surface area contributed by atoms with Gasteiger partial charge in [-0.25, -0.2) is 9.97 Å². The van der Waals surface area contributed by atoms with Crippen LogP contribution in [0, 0.1) is 13.8 Å². The van der Waals surface area contributed by atoms with Gasteiger partial charge in [-0.05, 0) is 171 Å². The summed E-state index contributed by atoms with van der Waals surface area (Å²) in [6.45, 7) is 13.8. The van der Waals surface area contributed by atoms with E-state index in [2.05, 4.69) is 260 Å². The molecule has 0 aliphatic heterocycles. The lowest BCUT2D eigenvalue weighted by atomic mass is 9.70. The summed E-state index contributed by atoms with van der Waals surface area (Å²) in [4.78, 5) is 11.7. The quantitative estimate of drug-likeness (QED) is 0.0289. The largest absolute Gasteiger partial charge is 0.228 e. The van der Waals surface area contributed by atoms with E-state index in [4.69, 9.17) is 9.97 Å². The molecule has 0 radical (unpaired) electrons. The number of aryl methyl sites for hydroxylation is 2. The molecular formula is C96H110N2. The number of hydrogen-bond donors (Lipinski definition) is 0. The Bertz CT molecular complexity index is 4130. The zero-order chi connectivity index (χ0) is 67.5. The molecule has 2 aliphatic rings. The van der Waals surface area contributed by atoms with Crippen molar-refractivity contribution in [3.8, 4) is 89.5 Å². The first-order valence-corrected chi connectivity index (χ1v) is 38.8. The van der Waals surface area contributed by atoms with E-state index >= 15 is 0 Å². The van der Waals surface area contributed by atoms with Crippen LogP contribution in [0.1, 0.15) is 252 Å². The third kappa shape index (κ3) is 16.4. The van der Waals surface area contributed by atoms with Crippen LogP contribution < -0.4 is 0 Å². The molecule has 9 aromatic carbocycles. The summed E-state index contributed by atoms with van der Waals surface area (Å²) in [5.74, 6) is 0.757. The molecule has 2 nitrogen and oxygen atoms in total. The van der Waals surface area contributed by atoms with Gasteiger partial charge in [0, 0.05) is 27.5 Å². The molecule has 0 spiro atoms. The highest BCUT2D eigenvalue weighted by Gasteiger charge is 2.44. The number of benzene rings is 9. The molecule has 1 heterocycles. The lowest BCUT2D eigenvalue weighted by Crippen LogP contribution is -2.26. The third-order valence-corrected chi connectivity index (χ3v) is 22.2. The van der Waals surface area contributed by atoms with Gasteiger partial charge in [0.05, 0.1) is 11.4 Å². The first-order valence-electron chi connectivity index (χ1n) is 38.8. The van der Waals surface area contributed by atoms with Crippen LogP contribution in [0.3, 0.4) is 0 Å². The highest BCUT2D eigenvalue weighted by atomic mass is 14.9. The Morgan fingerprint density at radius 3 is 0.990 bits per heavy atom. The number of hydrogen-bond acceptors (Lipinski definition) is 2. The Morgan fingerprint density at radius 1 is 0.255 bits per heavy atom. The van der Waals surface area contributed by atoms with E-state index in [1.807, 2.05) is 0 Å². The number of unbranched alkanes of at least 4 members (excludes halogenated alkanes) is 20. The molecule has 0 amide bonds. The van der Waals surface area contributed by atoms with E-state index < -0.39 is 0 Å². The van der Waals surface area contributed by atoms with Crippen molar-refractivity contribution < 1.29 is 0 Å². The van der Waals surface area contributed by atoms with Crippen molar-refractivity contribution in [1.29, 1.82) is 0 Å². The lowest BCUT2D eigenvalue weighted by Gasteiger charge is -2.33. The van der Waals surface area contributed by atoms with Crippen molar-refractivity contribution in [3.63, 3.8) is 0 Å². The Balaban J connectivity index is 1.01. The van der Waals surface area contributed by atoms with Crippen LogP contribution in [0.2, 0.25) is 0 Å². The molecule has 10 aromatic rings. The van der Waals surface area contributed by atoms with Crippen molar-refractivity contribution in [2.24, 2.45) is 0 Å². The summed E-state index contributed by atoms with van der Waals surface area (Å²) in [6, 6.07) is 79.2. The van der Waals surface area contributed by atoms with Gasteiger partial charge in [-0.3, -0.25) is 0 Å². The van der Waals surface area contributed by atoms with Crippen molar-refractivity contribution >= 4 is 12.2 Å². The van der Waals surface area contributed by atoms with Crippen LogP contribution in [0.4, 0.5) is 0 Å². The molecule has 0 unspecified atom stereocenters. The summed E-state index contributed by atoms with van der Waals surface area (Å²) in [5.41, 5.74) is 29.1. The number of rotatable bonds is 36. The normalized spacial score (nSPS) is 13.2. The summed E-state index contributed by atoms with van der Waals surface area (Å²) in [7, 11) is 0. The van der Waals surface area contributed by atoms with Gasteiger partial charge < -0.3 is 0 Å². The lowest BCUT2D eigenvalue weighted by molar-refractivity contribution is 0.398. The van der Waals surface area contributed by atoms with E-state index in [1.165, 1.54) is 262 Å². The second-order valence-electron chi connectivity index (χ2n) is 29.4. The van der Waals surface area contributed by atoms with E-state index in [0.29, 0.717) is 0 Å². The maximum Gasteiger partial charge on any atom is 0.160 e. The number of fused-ring (bicyclic) bond motifs is 6. The van der Waals surface area contributed by atoms with E-state index in [-0.39, 0.29) is 10.8 Å². The van der Waals surface area contributed by atoms with E-state index in [0.717, 1.165) is 46.7 Å². The first kappa shape index (κ1) is 69.7. The molecular weight excluding hydrogens is 1180 g/mol. The molecule has 1 aromatic heterocycles. The van der Waals surface area contributed by atoms with Crippen LogP contribution in [-0.4, -0.2) is 9.97 Å². The van der Waals surface area contributed by atoms with Crippen molar-refractivity contribution in [3.05, 3.63) is 251 Å². The zero-order valence-electron chi connectivity index (χ0n) is 60.5. The fraction of sp³-hybridized carbons (Fsp3) is 0.375. The maximum atomic E-state index is 5.86. The second-order valence-corrected chi connectivity index (χ2v) is 29.4. The Morgan fingerprint density at radius 2 is 0.571 bits per heavy atom. The average Bonchev–Trinajstić information content (AvgIpc) is 1.56. The molecule has 2 aliphatic carbocycles. The molecule has 0 bridgehead atoms. The van der Waals surface area contributed by atoms with Gasteiger partial charge in [0.1, 0.15) is 0 Å². The Hall–Kier alpha value is -8.20. The van der Waals surface area contributed by atoms with Gasteiger partial charge in [0.25, 0.3) is 0 Å². The minimum absolute atomic E-state index is 0.0671. The zero-order valence-corrected chi connectivity index (χ0v) is 60.5. The molecule has 12 rings (SSSR count). The predicted molar refractivity (Wildman–Crippen MR) is 424 cm³/mol. The molecule has 0 fully saturated rings. The Kier molecular flexibility index (Phi) is 24.2. The van der Waals surface area contributed by atoms with Crippen molar-refractivity contribution in [2.45, 2.75) is 232 Å². The van der Waals surface area contributed by atoms with E-state index in [1.54, 1.807) is 5.56 Å². The SMILES string of the molecule is CCCCCCCCC1(CCCCCCCC)c2cc(C)ccc2-c2ccc(-c3cc(-c4ccc5c(c4)C(CCCCCCCC)(CCCCCCCC)c4cc(-c6ccc(/C=C/c7ccc(C)cc7)cc6)ccc4-5)nc(-c4cc(-c5ccccc5)cc(-c5ccccc5)c4)n3)cc21. The average molecular weight is 1290 g/mol. The molecule has 504 valence electrons. The fourth-order valence-corrected chi connectivity index (χ4v) is 16.6. The minimum atomic E-state index is -0.154. The standard InChI is InChI=1S/C96H110N2/c1-7-11-15-19-23-33-59-95(60-34-24-20-16-12-8-2)88-63-72(6)43-55-84(88)86-57-53-79(68-90(86)95)92-70-93(98-94(97-92)83-65-81(75-37-29-27-30-38-75)64-82(66-83)76-39-31-28-32-40-76)80-54-58-87-85-56-52-78(77-50-48-74(49-51-77)47-46-73-44-41-71(5)42-45-73)67-89(85)96(91(87)69-80,61-35-25-21-17-13-9-3)62-36-26-22-18-14-10-4/h27-32,37-58,63-70H,7-26,33-36,59-62H2,1-6H3/b47-46+. The summed E-state index contributed by atoms with van der Waals surface area (Å²) < 4.78 is 0. The topological polar surface area (TPSA) is 25.8 Å². The van der Waals surface area contributed by atoms with Crippen LogP contribution in [0.5, 0.6) is 0 Å². The molecule has 0 saturated carbocycles. The van der Waals surface area contributed by atoms with Gasteiger partial charge in [-0.1, -0.05) is 369 Å². The van der Waals surface area contributed by atoms with Crippen molar-refractivity contribution in [2.75, 3.05) is 0 Å². The Labute approximate surface area is 591 Å². The maximum absolute atomic E-state index is 5.86. The molecule has 2 heteroatoms. The van der Waals surface area contributed by atoms with Crippen LogP contribution in [-0.2, 0) is 10.8 Å². The monoisotopic (exact) mass is 1290 g/mol. The highest BCUT2D eigenvalue weighted by molar-refractivity contribution is 5.89. The van der Waals surface area contributed by atoms with Crippen LogP contribution >= 0.6 is 0 Å². The summed E-state index contributed by atoms with van der Waals surface area (Å²) >= 11 is 0. The van der Waals surface area contributed by atoms with E-state index in [9.17, 15) is 0 Å². The summed E-state index contributed by atoms with van der Waals surface area (Å²) in [5, 5.41) is 0.